The largest absolute Gasteiger partial charge is 0.503 e. The van der Waals surface area contributed by atoms with E-state index >= 15 is 0 Å². The number of aromatic nitrogens is 1. The van der Waals surface area contributed by atoms with Gasteiger partial charge in [0.2, 0.25) is 0 Å². The van der Waals surface area contributed by atoms with Crippen LogP contribution in [0.1, 0.15) is 41.4 Å². The quantitative estimate of drug-likeness (QED) is 0.314. The molecule has 0 aliphatic rings. The second-order valence-corrected chi connectivity index (χ2v) is 8.95. The van der Waals surface area contributed by atoms with Gasteiger partial charge in [-0.2, -0.15) is 0 Å². The van der Waals surface area contributed by atoms with Gasteiger partial charge in [0.1, 0.15) is 12.1 Å². The van der Waals surface area contributed by atoms with Crippen LogP contribution < -0.4 is 10.1 Å². The zero-order valence-electron chi connectivity index (χ0n) is 21.0. The normalized spacial score (nSPS) is 13.4. The lowest BCUT2D eigenvalue weighted by Gasteiger charge is -2.26. The lowest BCUT2D eigenvalue weighted by molar-refractivity contribution is -0.151. The summed E-state index contributed by atoms with van der Waals surface area (Å²) in [5.74, 6) is -1.66. The third-order valence-corrected chi connectivity index (χ3v) is 6.39. The maximum atomic E-state index is 12.9. The van der Waals surface area contributed by atoms with Crippen molar-refractivity contribution in [3.05, 3.63) is 102 Å². The van der Waals surface area contributed by atoms with Gasteiger partial charge in [-0.1, -0.05) is 72.8 Å². The SMILES string of the molecule is COc1ccnc(C(=O)N[C@@H](C)C(=O)O[C@@H](C)[C@H](Cc2ccc3ccccc3c2)c2ccccc2)c1O. The molecular formula is C30H30N2O5. The number of benzene rings is 3. The van der Waals surface area contributed by atoms with E-state index in [0.29, 0.717) is 6.42 Å². The average Bonchev–Trinajstić information content (AvgIpc) is 2.92. The molecule has 37 heavy (non-hydrogen) atoms. The molecule has 1 aromatic heterocycles. The van der Waals surface area contributed by atoms with E-state index in [1.54, 1.807) is 0 Å². The second kappa shape index (κ2) is 11.6. The zero-order chi connectivity index (χ0) is 26.4. The van der Waals surface area contributed by atoms with Crippen LogP contribution in [-0.2, 0) is 16.0 Å². The summed E-state index contributed by atoms with van der Waals surface area (Å²) >= 11 is 0. The Hall–Kier alpha value is -4.39. The van der Waals surface area contributed by atoms with Crippen molar-refractivity contribution in [3.8, 4) is 11.5 Å². The van der Waals surface area contributed by atoms with Gasteiger partial charge in [-0.3, -0.25) is 4.79 Å². The minimum Gasteiger partial charge on any atom is -0.503 e. The van der Waals surface area contributed by atoms with Crippen LogP contribution >= 0.6 is 0 Å². The van der Waals surface area contributed by atoms with E-state index in [2.05, 4.69) is 40.6 Å². The van der Waals surface area contributed by atoms with Gasteiger partial charge in [0.15, 0.2) is 17.2 Å². The van der Waals surface area contributed by atoms with Crippen molar-refractivity contribution < 1.29 is 24.2 Å². The molecule has 190 valence electrons. The number of hydrogen-bond donors (Lipinski definition) is 2. The Bertz CT molecular complexity index is 1390. The predicted molar refractivity (Wildman–Crippen MR) is 142 cm³/mol. The molecule has 0 saturated carbocycles. The third-order valence-electron chi connectivity index (χ3n) is 6.39. The van der Waals surface area contributed by atoms with Crippen LogP contribution in [0.3, 0.4) is 0 Å². The van der Waals surface area contributed by atoms with Crippen molar-refractivity contribution in [2.24, 2.45) is 0 Å². The molecule has 0 aliphatic carbocycles. The molecule has 0 unspecified atom stereocenters. The summed E-state index contributed by atoms with van der Waals surface area (Å²) < 4.78 is 10.9. The molecule has 2 N–H and O–H groups in total. The zero-order valence-corrected chi connectivity index (χ0v) is 21.0. The van der Waals surface area contributed by atoms with Crippen LogP contribution in [0, 0.1) is 0 Å². The van der Waals surface area contributed by atoms with Gasteiger partial charge in [0.05, 0.1) is 7.11 Å². The number of fused-ring (bicyclic) bond motifs is 1. The van der Waals surface area contributed by atoms with Crippen LogP contribution in [0.25, 0.3) is 10.8 Å². The Labute approximate surface area is 216 Å². The lowest BCUT2D eigenvalue weighted by Crippen LogP contribution is -2.41. The minimum atomic E-state index is -0.959. The van der Waals surface area contributed by atoms with Crippen molar-refractivity contribution in [3.63, 3.8) is 0 Å². The van der Waals surface area contributed by atoms with Gasteiger partial charge in [-0.25, -0.2) is 9.78 Å². The van der Waals surface area contributed by atoms with Gasteiger partial charge in [0, 0.05) is 18.2 Å². The summed E-state index contributed by atoms with van der Waals surface area (Å²) in [4.78, 5) is 29.5. The number of carbonyl (C=O) groups is 2. The molecule has 4 aromatic rings. The molecule has 0 radical (unpaired) electrons. The fourth-order valence-corrected chi connectivity index (χ4v) is 4.33. The molecule has 4 rings (SSSR count). The van der Waals surface area contributed by atoms with Crippen molar-refractivity contribution in [1.29, 1.82) is 0 Å². The molecule has 7 heteroatoms. The molecular weight excluding hydrogens is 468 g/mol. The van der Waals surface area contributed by atoms with Crippen LogP contribution in [0.5, 0.6) is 11.5 Å². The van der Waals surface area contributed by atoms with Crippen LogP contribution in [0.4, 0.5) is 0 Å². The van der Waals surface area contributed by atoms with Crippen molar-refractivity contribution in [2.45, 2.75) is 38.3 Å². The number of nitrogens with one attached hydrogen (secondary N) is 1. The van der Waals surface area contributed by atoms with Crippen molar-refractivity contribution in [1.82, 2.24) is 10.3 Å². The fourth-order valence-electron chi connectivity index (χ4n) is 4.33. The first-order valence-corrected chi connectivity index (χ1v) is 12.1. The highest BCUT2D eigenvalue weighted by molar-refractivity contribution is 5.97. The number of ether oxygens (including phenoxy) is 2. The standard InChI is InChI=1S/C30H30N2O5/c1-19(32-29(34)27-28(33)26(36-3)15-16-31-27)30(35)37-20(2)25(23-10-5-4-6-11-23)18-21-13-14-22-9-7-8-12-24(22)17-21/h4-17,19-20,25,33H,18H2,1-3H3,(H,32,34)/t19-,20-,25-/m0/s1. The molecule has 0 saturated heterocycles. The summed E-state index contributed by atoms with van der Waals surface area (Å²) in [7, 11) is 1.37. The Morgan fingerprint density at radius 1 is 0.946 bits per heavy atom. The average molecular weight is 499 g/mol. The monoisotopic (exact) mass is 498 g/mol. The van der Waals surface area contributed by atoms with E-state index in [0.717, 1.165) is 16.5 Å². The third kappa shape index (κ3) is 6.06. The summed E-state index contributed by atoms with van der Waals surface area (Å²) in [6, 6.07) is 25.0. The molecule has 1 amide bonds. The smallest absolute Gasteiger partial charge is 0.328 e. The topological polar surface area (TPSA) is 97.8 Å². The first-order chi connectivity index (χ1) is 17.9. The van der Waals surface area contributed by atoms with E-state index in [1.807, 2.05) is 49.4 Å². The number of nitrogens with zero attached hydrogens (tertiary/aromatic N) is 1. The predicted octanol–water partition coefficient (Wildman–Crippen LogP) is 5.03. The van der Waals surface area contributed by atoms with Crippen LogP contribution in [0.2, 0.25) is 0 Å². The second-order valence-electron chi connectivity index (χ2n) is 8.95. The molecule has 3 aromatic carbocycles. The van der Waals surface area contributed by atoms with Crippen LogP contribution in [0.15, 0.2) is 85.1 Å². The first-order valence-electron chi connectivity index (χ1n) is 12.1. The highest BCUT2D eigenvalue weighted by Crippen LogP contribution is 2.29. The number of aromatic hydroxyl groups is 1. The van der Waals surface area contributed by atoms with Gasteiger partial charge < -0.3 is 19.9 Å². The Balaban J connectivity index is 1.48. The van der Waals surface area contributed by atoms with E-state index in [1.165, 1.54) is 31.7 Å². The lowest BCUT2D eigenvalue weighted by atomic mass is 9.87. The molecule has 0 bridgehead atoms. The Morgan fingerprint density at radius 3 is 2.38 bits per heavy atom. The van der Waals surface area contributed by atoms with Gasteiger partial charge in [-0.15, -0.1) is 0 Å². The molecule has 0 spiro atoms. The number of amides is 1. The fraction of sp³-hybridized carbons (Fsp3) is 0.233. The van der Waals surface area contributed by atoms with E-state index < -0.39 is 29.8 Å². The minimum absolute atomic E-state index is 0.0988. The van der Waals surface area contributed by atoms with Gasteiger partial charge in [-0.05, 0) is 42.2 Å². The first kappa shape index (κ1) is 25.7. The molecule has 7 nitrogen and oxygen atoms in total. The van der Waals surface area contributed by atoms with E-state index in [-0.39, 0.29) is 17.4 Å². The van der Waals surface area contributed by atoms with E-state index in [9.17, 15) is 14.7 Å². The summed E-state index contributed by atoms with van der Waals surface area (Å²) in [5.41, 5.74) is 1.96. The van der Waals surface area contributed by atoms with Crippen molar-refractivity contribution in [2.75, 3.05) is 7.11 Å². The highest BCUT2D eigenvalue weighted by atomic mass is 16.5. The van der Waals surface area contributed by atoms with Gasteiger partial charge in [0.25, 0.3) is 5.91 Å². The molecule has 0 aliphatic heterocycles. The number of carbonyl (C=O) groups excluding carboxylic acids is 2. The molecule has 1 heterocycles. The Kier molecular flexibility index (Phi) is 8.03. The van der Waals surface area contributed by atoms with E-state index in [4.69, 9.17) is 9.47 Å². The Morgan fingerprint density at radius 2 is 1.65 bits per heavy atom. The van der Waals surface area contributed by atoms with Crippen LogP contribution in [-0.4, -0.2) is 41.2 Å². The number of rotatable bonds is 9. The number of esters is 1. The molecule has 3 atom stereocenters. The molecule has 0 fully saturated rings. The highest BCUT2D eigenvalue weighted by Gasteiger charge is 2.27. The summed E-state index contributed by atoms with van der Waals surface area (Å²) in [5, 5.41) is 15.1. The maximum Gasteiger partial charge on any atom is 0.328 e. The number of pyridine rings is 1. The summed E-state index contributed by atoms with van der Waals surface area (Å²) in [6.45, 7) is 3.39. The number of methoxy groups -OCH3 is 1. The van der Waals surface area contributed by atoms with Crippen molar-refractivity contribution >= 4 is 22.6 Å². The summed E-state index contributed by atoms with van der Waals surface area (Å²) in [6.07, 6.45) is 1.55. The van der Waals surface area contributed by atoms with Gasteiger partial charge >= 0.3 is 5.97 Å². The number of hydrogen-bond acceptors (Lipinski definition) is 6. The maximum absolute atomic E-state index is 12.9.